The van der Waals surface area contributed by atoms with Crippen LogP contribution in [0.2, 0.25) is 0 Å². The van der Waals surface area contributed by atoms with E-state index in [4.69, 9.17) is 0 Å². The molecule has 2 aromatic rings. The Morgan fingerprint density at radius 1 is 0.933 bits per heavy atom. The third-order valence-corrected chi connectivity index (χ3v) is 3.92. The van der Waals surface area contributed by atoms with Crippen LogP contribution in [0.5, 0.6) is 11.5 Å². The first-order valence-electron chi connectivity index (χ1n) is 8.48. The van der Waals surface area contributed by atoms with Crippen molar-refractivity contribution in [3.63, 3.8) is 0 Å². The molecule has 0 aliphatic carbocycles. The van der Waals surface area contributed by atoms with E-state index >= 15 is 0 Å². The van der Waals surface area contributed by atoms with Gasteiger partial charge >= 0.3 is 6.29 Å². The Morgan fingerprint density at radius 2 is 1.57 bits per heavy atom. The van der Waals surface area contributed by atoms with Crippen LogP contribution >= 0.6 is 0 Å². The van der Waals surface area contributed by atoms with Crippen LogP contribution in [0.4, 0.5) is 33.3 Å². The van der Waals surface area contributed by atoms with Crippen LogP contribution in [-0.2, 0) is 9.59 Å². The molecule has 1 unspecified atom stereocenters. The Labute approximate surface area is 166 Å². The van der Waals surface area contributed by atoms with Gasteiger partial charge < -0.3 is 25.0 Å². The highest BCUT2D eigenvalue weighted by Crippen LogP contribution is 2.42. The number of hydrogen-bond donors (Lipinski definition) is 3. The molecule has 0 fully saturated rings. The van der Waals surface area contributed by atoms with E-state index in [1.54, 1.807) is 0 Å². The van der Waals surface area contributed by atoms with Gasteiger partial charge in [0.25, 0.3) is 11.8 Å². The zero-order chi connectivity index (χ0) is 22.1. The van der Waals surface area contributed by atoms with Gasteiger partial charge in [-0.25, -0.2) is 13.2 Å². The summed E-state index contributed by atoms with van der Waals surface area (Å²) in [5, 5.41) is 4.55. The van der Waals surface area contributed by atoms with Gasteiger partial charge in [-0.3, -0.25) is 9.59 Å². The van der Waals surface area contributed by atoms with Gasteiger partial charge in [-0.05, 0) is 24.3 Å². The van der Waals surface area contributed by atoms with E-state index in [0.717, 1.165) is 12.1 Å². The summed E-state index contributed by atoms with van der Waals surface area (Å²) in [5.74, 6) is -6.35. The Hall–Kier alpha value is -3.41. The topological polar surface area (TPSA) is 81.1 Å². The molecule has 2 amide bonds. The van der Waals surface area contributed by atoms with Crippen LogP contribution in [0.15, 0.2) is 30.3 Å². The third-order valence-electron chi connectivity index (χ3n) is 3.92. The van der Waals surface area contributed by atoms with Gasteiger partial charge in [-0.2, -0.15) is 0 Å². The van der Waals surface area contributed by atoms with Crippen molar-refractivity contribution in [2.45, 2.75) is 6.29 Å². The van der Waals surface area contributed by atoms with Crippen LogP contribution in [0.25, 0.3) is 0 Å². The Balaban J connectivity index is 1.51. The molecule has 7 nitrogen and oxygen atoms in total. The maximum atomic E-state index is 13.6. The number of nitrogens with one attached hydrogen (secondary N) is 3. The number of likely N-dealkylation sites (N-methyl/N-ethyl adjacent to an activating group) is 1. The molecule has 1 aliphatic rings. The summed E-state index contributed by atoms with van der Waals surface area (Å²) in [6, 6.07) is 5.22. The molecular formula is C18H15F5N3O4+. The second-order valence-electron chi connectivity index (χ2n) is 6.46. The molecule has 0 saturated carbocycles. The number of amides is 2. The SMILES string of the molecule is C[NH+](CC(=O)Nc1ccc2c(c1)OC(F)(F)O2)CC(=O)Nc1ccc(F)c(F)c1F. The van der Waals surface area contributed by atoms with Crippen molar-refractivity contribution in [3.8, 4) is 11.5 Å². The highest BCUT2D eigenvalue weighted by Gasteiger charge is 2.43. The molecule has 2 aromatic carbocycles. The summed E-state index contributed by atoms with van der Waals surface area (Å²) in [7, 11) is 1.49. The number of ether oxygens (including phenoxy) is 2. The highest BCUT2D eigenvalue weighted by molar-refractivity contribution is 5.93. The third kappa shape index (κ3) is 4.95. The number of alkyl halides is 2. The zero-order valence-corrected chi connectivity index (χ0v) is 15.3. The summed E-state index contributed by atoms with van der Waals surface area (Å²) < 4.78 is 74.2. The van der Waals surface area contributed by atoms with Crippen LogP contribution in [0.1, 0.15) is 0 Å². The largest absolute Gasteiger partial charge is 0.586 e. The second kappa shape index (κ2) is 8.14. The van der Waals surface area contributed by atoms with Gasteiger partial charge in [0.1, 0.15) is 0 Å². The molecule has 3 N–H and O–H groups in total. The first-order valence-corrected chi connectivity index (χ1v) is 8.48. The molecule has 1 heterocycles. The van der Waals surface area contributed by atoms with Gasteiger partial charge in [0.2, 0.25) is 0 Å². The van der Waals surface area contributed by atoms with Gasteiger partial charge in [-0.15, -0.1) is 8.78 Å². The predicted octanol–water partition coefficient (Wildman–Crippen LogP) is 1.52. The molecule has 12 heteroatoms. The maximum absolute atomic E-state index is 13.6. The van der Waals surface area contributed by atoms with Gasteiger partial charge in [0, 0.05) is 11.8 Å². The predicted molar refractivity (Wildman–Crippen MR) is 92.8 cm³/mol. The van der Waals surface area contributed by atoms with E-state index in [1.165, 1.54) is 19.2 Å². The lowest BCUT2D eigenvalue weighted by Gasteiger charge is -2.14. The number of quaternary nitrogens is 1. The Bertz CT molecular complexity index is 1000. The van der Waals surface area contributed by atoms with Crippen molar-refractivity contribution >= 4 is 23.2 Å². The average molecular weight is 432 g/mol. The fourth-order valence-corrected chi connectivity index (χ4v) is 2.66. The van der Waals surface area contributed by atoms with Gasteiger partial charge in [-0.1, -0.05) is 0 Å². The molecule has 0 saturated heterocycles. The van der Waals surface area contributed by atoms with Crippen LogP contribution in [-0.4, -0.2) is 38.2 Å². The molecule has 1 aliphatic heterocycles. The zero-order valence-electron chi connectivity index (χ0n) is 15.3. The molecule has 30 heavy (non-hydrogen) atoms. The van der Waals surface area contributed by atoms with E-state index < -0.39 is 41.2 Å². The van der Waals surface area contributed by atoms with Crippen LogP contribution in [0.3, 0.4) is 0 Å². The number of halogens is 5. The van der Waals surface area contributed by atoms with Crippen LogP contribution < -0.4 is 25.0 Å². The van der Waals surface area contributed by atoms with Crippen molar-refractivity contribution in [2.24, 2.45) is 0 Å². The Kier molecular flexibility index (Phi) is 5.78. The quantitative estimate of drug-likeness (QED) is 0.478. The molecular weight excluding hydrogens is 417 g/mol. The van der Waals surface area contributed by atoms with Crippen molar-refractivity contribution in [1.29, 1.82) is 0 Å². The lowest BCUT2D eigenvalue weighted by Crippen LogP contribution is -3.11. The maximum Gasteiger partial charge on any atom is 0.586 e. The van der Waals surface area contributed by atoms with Crippen LogP contribution in [0, 0.1) is 17.5 Å². The minimum absolute atomic E-state index is 0.168. The summed E-state index contributed by atoms with van der Waals surface area (Å²) in [6.07, 6.45) is -3.78. The highest BCUT2D eigenvalue weighted by atomic mass is 19.3. The van der Waals surface area contributed by atoms with Crippen molar-refractivity contribution in [1.82, 2.24) is 0 Å². The average Bonchev–Trinajstić information content (AvgIpc) is 2.95. The van der Waals surface area contributed by atoms with E-state index in [-0.39, 0.29) is 30.3 Å². The van der Waals surface area contributed by atoms with Crippen molar-refractivity contribution < 1.29 is 45.9 Å². The molecule has 3 rings (SSSR count). The van der Waals surface area contributed by atoms with Crippen molar-refractivity contribution in [3.05, 3.63) is 47.8 Å². The van der Waals surface area contributed by atoms with E-state index in [0.29, 0.717) is 11.0 Å². The normalized spacial score (nSPS) is 14.9. The Morgan fingerprint density at radius 3 is 2.27 bits per heavy atom. The monoisotopic (exact) mass is 432 g/mol. The molecule has 160 valence electrons. The lowest BCUT2D eigenvalue weighted by molar-refractivity contribution is -0.862. The van der Waals surface area contributed by atoms with Gasteiger partial charge in [0.05, 0.1) is 12.7 Å². The molecule has 0 bridgehead atoms. The summed E-state index contributed by atoms with van der Waals surface area (Å²) >= 11 is 0. The number of carbonyl (C=O) groups excluding carboxylic acids is 2. The minimum atomic E-state index is -3.78. The minimum Gasteiger partial charge on any atom is -0.395 e. The lowest BCUT2D eigenvalue weighted by atomic mass is 10.2. The smallest absolute Gasteiger partial charge is 0.395 e. The number of benzene rings is 2. The fraction of sp³-hybridized carbons (Fsp3) is 0.222. The van der Waals surface area contributed by atoms with E-state index in [9.17, 15) is 31.5 Å². The standard InChI is InChI=1S/C18H14F5N3O4/c1-26(8-15(28)25-11-4-3-10(19)16(20)17(11)21)7-14(27)24-9-2-5-12-13(6-9)30-18(22,23)29-12/h2-6H,7-8H2,1H3,(H,24,27)(H,25,28)/p+1. The number of hydrogen-bond acceptors (Lipinski definition) is 4. The molecule has 1 atom stereocenters. The summed E-state index contributed by atoms with van der Waals surface area (Å²) in [5.41, 5.74) is -0.366. The summed E-state index contributed by atoms with van der Waals surface area (Å²) in [6.45, 7) is -0.502. The molecule has 0 radical (unpaired) electrons. The molecule has 0 aromatic heterocycles. The van der Waals surface area contributed by atoms with E-state index in [2.05, 4.69) is 20.1 Å². The first-order chi connectivity index (χ1) is 14.0. The van der Waals surface area contributed by atoms with Gasteiger partial charge in [0.15, 0.2) is 42.0 Å². The number of rotatable bonds is 6. The second-order valence-corrected chi connectivity index (χ2v) is 6.46. The number of fused-ring (bicyclic) bond motifs is 1. The molecule has 0 spiro atoms. The van der Waals surface area contributed by atoms with Crippen molar-refractivity contribution in [2.75, 3.05) is 30.8 Å². The number of anilines is 2. The fourth-order valence-electron chi connectivity index (χ4n) is 2.66. The summed E-state index contributed by atoms with van der Waals surface area (Å²) in [4.78, 5) is 24.4. The van der Waals surface area contributed by atoms with E-state index in [1.807, 2.05) is 0 Å². The first kappa shape index (κ1) is 21.3. The number of carbonyl (C=O) groups is 2.